The third-order valence-electron chi connectivity index (χ3n) is 5.37. The zero-order chi connectivity index (χ0) is 21.3. The summed E-state index contributed by atoms with van der Waals surface area (Å²) >= 11 is 6.03. The molecule has 0 aromatic heterocycles. The van der Waals surface area contributed by atoms with Crippen molar-refractivity contribution in [2.24, 2.45) is 11.8 Å². The van der Waals surface area contributed by atoms with Gasteiger partial charge in [0, 0.05) is 32.1 Å². The molecular weight excluding hydrogens is 407 g/mol. The van der Waals surface area contributed by atoms with Gasteiger partial charge < -0.3 is 15.1 Å². The Bertz CT molecular complexity index is 773. The van der Waals surface area contributed by atoms with Crippen LogP contribution in [0, 0.1) is 11.8 Å². The lowest BCUT2D eigenvalue weighted by Gasteiger charge is -2.37. The standard InChI is InChI=1S/C20H25ClF3N3O2/c1-12(2)17(25-16-6-5-14(11-15(16)21)20(22,23)24)19(29)27-9-7-26(8-10-27)18(28)13-3-4-13/h5-6,11-13,17,25H,3-4,7-10H2,1-2H3. The molecule has 1 heterocycles. The second-order valence-corrected chi connectivity index (χ2v) is 8.39. The number of hydrogen-bond acceptors (Lipinski definition) is 3. The Morgan fingerprint density at radius 2 is 1.69 bits per heavy atom. The van der Waals surface area contributed by atoms with Crippen LogP contribution in [0.15, 0.2) is 18.2 Å². The number of carbonyl (C=O) groups is 2. The Morgan fingerprint density at radius 3 is 2.17 bits per heavy atom. The third kappa shape index (κ3) is 5.15. The summed E-state index contributed by atoms with van der Waals surface area (Å²) in [5, 5.41) is 2.93. The highest BCUT2D eigenvalue weighted by molar-refractivity contribution is 6.33. The van der Waals surface area contributed by atoms with Crippen LogP contribution in [0.5, 0.6) is 0 Å². The lowest BCUT2D eigenvalue weighted by atomic mass is 10.0. The Hall–Kier alpha value is -1.96. The van der Waals surface area contributed by atoms with Crippen LogP contribution in [0.4, 0.5) is 18.9 Å². The summed E-state index contributed by atoms with van der Waals surface area (Å²) in [7, 11) is 0. The molecule has 0 radical (unpaired) electrons. The molecule has 1 N–H and O–H groups in total. The number of rotatable bonds is 5. The minimum absolute atomic E-state index is 0.0851. The molecule has 1 atom stereocenters. The summed E-state index contributed by atoms with van der Waals surface area (Å²) in [5.41, 5.74) is -0.550. The van der Waals surface area contributed by atoms with E-state index >= 15 is 0 Å². The summed E-state index contributed by atoms with van der Waals surface area (Å²) in [5.74, 6) is 0.0813. The normalized spacial score (nSPS) is 18.7. The lowest BCUT2D eigenvalue weighted by molar-refractivity contribution is -0.141. The van der Waals surface area contributed by atoms with Crippen LogP contribution in [-0.4, -0.2) is 53.8 Å². The van der Waals surface area contributed by atoms with Gasteiger partial charge in [0.05, 0.1) is 16.3 Å². The Labute approximate surface area is 173 Å². The van der Waals surface area contributed by atoms with Gasteiger partial charge in [-0.2, -0.15) is 13.2 Å². The summed E-state index contributed by atoms with van der Waals surface area (Å²) in [6.45, 7) is 5.63. The molecule has 2 amide bonds. The second kappa shape index (κ2) is 8.42. The summed E-state index contributed by atoms with van der Waals surface area (Å²) < 4.78 is 38.5. The first kappa shape index (κ1) is 21.7. The highest BCUT2D eigenvalue weighted by Crippen LogP contribution is 2.34. The number of nitrogens with one attached hydrogen (secondary N) is 1. The number of piperazine rings is 1. The van der Waals surface area contributed by atoms with Gasteiger partial charge in [-0.3, -0.25) is 9.59 Å². The Morgan fingerprint density at radius 1 is 1.10 bits per heavy atom. The topological polar surface area (TPSA) is 52.7 Å². The van der Waals surface area contributed by atoms with E-state index in [1.807, 2.05) is 18.7 Å². The molecule has 3 rings (SSSR count). The second-order valence-electron chi connectivity index (χ2n) is 7.98. The summed E-state index contributed by atoms with van der Waals surface area (Å²) in [6, 6.07) is 2.42. The molecule has 0 bridgehead atoms. The van der Waals surface area contributed by atoms with Gasteiger partial charge in [-0.05, 0) is 37.0 Å². The van der Waals surface area contributed by atoms with Crippen molar-refractivity contribution in [3.63, 3.8) is 0 Å². The van der Waals surface area contributed by atoms with Crippen molar-refractivity contribution < 1.29 is 22.8 Å². The average Bonchev–Trinajstić information content (AvgIpc) is 3.50. The maximum Gasteiger partial charge on any atom is 0.416 e. The van der Waals surface area contributed by atoms with E-state index in [2.05, 4.69) is 5.32 Å². The van der Waals surface area contributed by atoms with Crippen LogP contribution in [0.2, 0.25) is 5.02 Å². The zero-order valence-electron chi connectivity index (χ0n) is 16.4. The van der Waals surface area contributed by atoms with E-state index in [0.717, 1.165) is 25.0 Å². The first-order valence-electron chi connectivity index (χ1n) is 9.78. The monoisotopic (exact) mass is 431 g/mol. The van der Waals surface area contributed by atoms with Crippen LogP contribution in [-0.2, 0) is 15.8 Å². The van der Waals surface area contributed by atoms with Gasteiger partial charge >= 0.3 is 6.18 Å². The van der Waals surface area contributed by atoms with Crippen LogP contribution >= 0.6 is 11.6 Å². The first-order valence-corrected chi connectivity index (χ1v) is 10.2. The van der Waals surface area contributed by atoms with Crippen molar-refractivity contribution >= 4 is 29.1 Å². The molecule has 29 heavy (non-hydrogen) atoms. The molecule has 5 nitrogen and oxygen atoms in total. The van der Waals surface area contributed by atoms with Crippen molar-refractivity contribution in [2.75, 3.05) is 31.5 Å². The summed E-state index contributed by atoms with van der Waals surface area (Å²) in [4.78, 5) is 28.7. The largest absolute Gasteiger partial charge is 0.416 e. The van der Waals surface area contributed by atoms with E-state index in [-0.39, 0.29) is 34.4 Å². The minimum Gasteiger partial charge on any atom is -0.372 e. The van der Waals surface area contributed by atoms with Gasteiger partial charge in [-0.15, -0.1) is 0 Å². The molecule has 2 aliphatic rings. The molecule has 1 aliphatic heterocycles. The molecule has 1 saturated carbocycles. The maximum absolute atomic E-state index is 13.0. The number of benzene rings is 1. The fourth-order valence-corrected chi connectivity index (χ4v) is 3.66. The van der Waals surface area contributed by atoms with Crippen molar-refractivity contribution in [1.82, 2.24) is 9.80 Å². The number of amides is 2. The van der Waals surface area contributed by atoms with Crippen molar-refractivity contribution in [2.45, 2.75) is 38.9 Å². The van der Waals surface area contributed by atoms with E-state index in [0.29, 0.717) is 26.2 Å². The molecular formula is C20H25ClF3N3O2. The molecule has 1 aromatic carbocycles. The molecule has 1 saturated heterocycles. The molecule has 9 heteroatoms. The lowest BCUT2D eigenvalue weighted by Crippen LogP contribution is -2.55. The van der Waals surface area contributed by atoms with E-state index in [1.54, 1.807) is 4.90 Å². The van der Waals surface area contributed by atoms with E-state index in [9.17, 15) is 22.8 Å². The molecule has 1 unspecified atom stereocenters. The van der Waals surface area contributed by atoms with Crippen LogP contribution in [0.25, 0.3) is 0 Å². The third-order valence-corrected chi connectivity index (χ3v) is 5.68. The van der Waals surface area contributed by atoms with Crippen LogP contribution in [0.1, 0.15) is 32.3 Å². The molecule has 0 spiro atoms. The van der Waals surface area contributed by atoms with Crippen LogP contribution < -0.4 is 5.32 Å². The minimum atomic E-state index is -4.48. The number of carbonyl (C=O) groups excluding carboxylic acids is 2. The quantitative estimate of drug-likeness (QED) is 0.769. The van der Waals surface area contributed by atoms with Crippen molar-refractivity contribution in [1.29, 1.82) is 0 Å². The van der Waals surface area contributed by atoms with E-state index in [4.69, 9.17) is 11.6 Å². The van der Waals surface area contributed by atoms with Crippen LogP contribution in [0.3, 0.4) is 0 Å². The highest BCUT2D eigenvalue weighted by Gasteiger charge is 2.37. The fourth-order valence-electron chi connectivity index (χ4n) is 3.42. The van der Waals surface area contributed by atoms with Gasteiger partial charge in [0.15, 0.2) is 0 Å². The highest BCUT2D eigenvalue weighted by atomic mass is 35.5. The zero-order valence-corrected chi connectivity index (χ0v) is 17.2. The average molecular weight is 432 g/mol. The molecule has 2 fully saturated rings. The number of alkyl halides is 3. The van der Waals surface area contributed by atoms with Gasteiger partial charge in [-0.1, -0.05) is 25.4 Å². The van der Waals surface area contributed by atoms with Gasteiger partial charge in [0.25, 0.3) is 0 Å². The van der Waals surface area contributed by atoms with Gasteiger partial charge in [0.2, 0.25) is 11.8 Å². The number of anilines is 1. The Kier molecular flexibility index (Phi) is 6.31. The van der Waals surface area contributed by atoms with Gasteiger partial charge in [-0.25, -0.2) is 0 Å². The maximum atomic E-state index is 13.0. The fraction of sp³-hybridized carbons (Fsp3) is 0.600. The number of nitrogens with zero attached hydrogens (tertiary/aromatic N) is 2. The van der Waals surface area contributed by atoms with Crippen molar-refractivity contribution in [3.8, 4) is 0 Å². The molecule has 160 valence electrons. The predicted octanol–water partition coefficient (Wildman–Crippen LogP) is 3.88. The number of hydrogen-bond donors (Lipinski definition) is 1. The first-order chi connectivity index (χ1) is 13.6. The molecule has 1 aromatic rings. The molecule has 1 aliphatic carbocycles. The van der Waals surface area contributed by atoms with Gasteiger partial charge in [0.1, 0.15) is 6.04 Å². The summed E-state index contributed by atoms with van der Waals surface area (Å²) in [6.07, 6.45) is -2.58. The smallest absolute Gasteiger partial charge is 0.372 e. The Balaban J connectivity index is 1.65. The van der Waals surface area contributed by atoms with Crippen molar-refractivity contribution in [3.05, 3.63) is 28.8 Å². The van der Waals surface area contributed by atoms with E-state index < -0.39 is 17.8 Å². The predicted molar refractivity (Wildman–Crippen MR) is 105 cm³/mol. The number of halogens is 4. The SMILES string of the molecule is CC(C)C(Nc1ccc(C(F)(F)F)cc1Cl)C(=O)N1CCN(C(=O)C2CC2)CC1. The van der Waals surface area contributed by atoms with E-state index in [1.165, 1.54) is 6.07 Å².